The number of carbonyl (C=O) groups excluding carboxylic acids is 1. The summed E-state index contributed by atoms with van der Waals surface area (Å²) >= 11 is 0. The molecule has 1 aliphatic rings. The van der Waals surface area contributed by atoms with Gasteiger partial charge in [0.2, 0.25) is 0 Å². The van der Waals surface area contributed by atoms with Crippen LogP contribution < -0.4 is 10.6 Å². The van der Waals surface area contributed by atoms with Gasteiger partial charge in [-0.15, -0.1) is 0 Å². The lowest BCUT2D eigenvalue weighted by Crippen LogP contribution is -2.54. The Bertz CT molecular complexity index is 1180. The molecule has 1 fully saturated rings. The van der Waals surface area contributed by atoms with Crippen molar-refractivity contribution in [2.24, 2.45) is 0 Å². The minimum Gasteiger partial charge on any atom is -0.335 e. The Labute approximate surface area is 208 Å². The number of aromatic nitrogens is 1. The van der Waals surface area contributed by atoms with Crippen LogP contribution in [0.25, 0.3) is 0 Å². The first-order valence-corrected chi connectivity index (χ1v) is 12.2. The molecular weight excluding hydrogens is 470 g/mol. The fourth-order valence-corrected chi connectivity index (χ4v) is 4.79. The van der Waals surface area contributed by atoms with Crippen molar-refractivity contribution in [2.75, 3.05) is 0 Å². The minimum atomic E-state index is -4.76. The summed E-state index contributed by atoms with van der Waals surface area (Å²) < 4.78 is 55.8. The van der Waals surface area contributed by atoms with Crippen LogP contribution in [0.5, 0.6) is 0 Å². The maximum absolute atomic E-state index is 14.7. The molecule has 190 valence electrons. The van der Waals surface area contributed by atoms with Gasteiger partial charge in [-0.1, -0.05) is 56.2 Å². The van der Waals surface area contributed by atoms with Crippen molar-refractivity contribution in [2.45, 2.75) is 63.2 Å². The van der Waals surface area contributed by atoms with Crippen LogP contribution in [0.2, 0.25) is 0 Å². The molecule has 2 amide bonds. The number of pyridine rings is 1. The van der Waals surface area contributed by atoms with Crippen LogP contribution >= 0.6 is 0 Å². The molecule has 1 unspecified atom stereocenters. The summed E-state index contributed by atoms with van der Waals surface area (Å²) in [6, 6.07) is 14.4. The second-order valence-electron chi connectivity index (χ2n) is 9.28. The molecule has 1 aliphatic carbocycles. The van der Waals surface area contributed by atoms with E-state index >= 15 is 0 Å². The lowest BCUT2D eigenvalue weighted by atomic mass is 9.79. The van der Waals surface area contributed by atoms with Crippen molar-refractivity contribution in [3.63, 3.8) is 0 Å². The van der Waals surface area contributed by atoms with Crippen molar-refractivity contribution in [1.29, 1.82) is 0 Å². The molecule has 1 heterocycles. The molecular formula is C28H29F4N3O. The Balaban J connectivity index is 1.89. The first-order chi connectivity index (χ1) is 17.2. The summed E-state index contributed by atoms with van der Waals surface area (Å²) in [4.78, 5) is 17.8. The van der Waals surface area contributed by atoms with Gasteiger partial charge in [0, 0.05) is 18.7 Å². The zero-order valence-electron chi connectivity index (χ0n) is 20.0. The number of nitrogens with one attached hydrogen (secondary N) is 2. The summed E-state index contributed by atoms with van der Waals surface area (Å²) in [7, 11) is 0. The highest BCUT2D eigenvalue weighted by Crippen LogP contribution is 2.37. The van der Waals surface area contributed by atoms with Gasteiger partial charge in [0.05, 0.1) is 11.3 Å². The molecule has 1 atom stereocenters. The van der Waals surface area contributed by atoms with E-state index in [1.54, 1.807) is 24.4 Å². The van der Waals surface area contributed by atoms with Crippen LogP contribution in [0, 0.1) is 5.82 Å². The van der Waals surface area contributed by atoms with Gasteiger partial charge < -0.3 is 10.6 Å². The predicted molar refractivity (Wildman–Crippen MR) is 130 cm³/mol. The van der Waals surface area contributed by atoms with Crippen LogP contribution in [0.15, 0.2) is 66.9 Å². The van der Waals surface area contributed by atoms with Crippen LogP contribution in [-0.4, -0.2) is 17.1 Å². The number of halogens is 4. The van der Waals surface area contributed by atoms with E-state index in [4.69, 9.17) is 0 Å². The Morgan fingerprint density at radius 1 is 0.972 bits per heavy atom. The van der Waals surface area contributed by atoms with E-state index < -0.39 is 29.1 Å². The second-order valence-corrected chi connectivity index (χ2v) is 9.28. The van der Waals surface area contributed by atoms with Gasteiger partial charge in [-0.25, -0.2) is 9.18 Å². The number of amides is 2. The van der Waals surface area contributed by atoms with E-state index in [0.717, 1.165) is 48.9 Å². The normalized spacial score (nSPS) is 15.9. The lowest BCUT2D eigenvalue weighted by molar-refractivity contribution is -0.137. The molecule has 2 N–H and O–H groups in total. The Morgan fingerprint density at radius 3 is 2.28 bits per heavy atom. The number of rotatable bonds is 7. The van der Waals surface area contributed by atoms with Crippen molar-refractivity contribution in [3.8, 4) is 0 Å². The van der Waals surface area contributed by atoms with Crippen LogP contribution in [0.3, 0.4) is 0 Å². The molecule has 36 heavy (non-hydrogen) atoms. The lowest BCUT2D eigenvalue weighted by Gasteiger charge is -2.36. The zero-order valence-corrected chi connectivity index (χ0v) is 20.0. The fourth-order valence-electron chi connectivity index (χ4n) is 4.79. The molecule has 4 nitrogen and oxygen atoms in total. The van der Waals surface area contributed by atoms with Gasteiger partial charge in [0.25, 0.3) is 0 Å². The van der Waals surface area contributed by atoms with Crippen LogP contribution in [-0.2, 0) is 24.6 Å². The highest BCUT2D eigenvalue weighted by Gasteiger charge is 2.41. The monoisotopic (exact) mass is 499 g/mol. The number of hydrogen-bond donors (Lipinski definition) is 2. The molecule has 0 spiro atoms. The Morgan fingerprint density at radius 2 is 1.67 bits per heavy atom. The van der Waals surface area contributed by atoms with Crippen molar-refractivity contribution in [3.05, 3.63) is 101 Å². The first-order valence-electron chi connectivity index (χ1n) is 12.2. The largest absolute Gasteiger partial charge is 0.416 e. The summed E-state index contributed by atoms with van der Waals surface area (Å²) in [6.07, 6.45) is 1.33. The SMILES string of the molecule is CCc1ccc(C(Cc2ccccc2)(NC(=O)NC2CCCC2)c2cc(F)cc(C(F)(F)F)c2)nc1. The number of carbonyl (C=O) groups is 1. The molecule has 1 aromatic heterocycles. The summed E-state index contributed by atoms with van der Waals surface area (Å²) in [6.45, 7) is 1.96. The van der Waals surface area contributed by atoms with E-state index in [1.165, 1.54) is 0 Å². The fraction of sp³-hybridized carbons (Fsp3) is 0.357. The topological polar surface area (TPSA) is 54.0 Å². The quantitative estimate of drug-likeness (QED) is 0.363. The second kappa shape index (κ2) is 10.7. The molecule has 2 aromatic carbocycles. The zero-order chi connectivity index (χ0) is 25.8. The number of hydrogen-bond acceptors (Lipinski definition) is 2. The maximum atomic E-state index is 14.7. The third kappa shape index (κ3) is 5.86. The third-order valence-electron chi connectivity index (χ3n) is 6.72. The molecule has 0 saturated heterocycles. The molecule has 0 radical (unpaired) electrons. The number of nitrogens with zero attached hydrogens (tertiary/aromatic N) is 1. The number of alkyl halides is 3. The highest BCUT2D eigenvalue weighted by atomic mass is 19.4. The number of aryl methyl sites for hydroxylation is 1. The van der Waals surface area contributed by atoms with Crippen molar-refractivity contribution in [1.82, 2.24) is 15.6 Å². The molecule has 4 rings (SSSR count). The van der Waals surface area contributed by atoms with E-state index in [9.17, 15) is 22.4 Å². The summed E-state index contributed by atoms with van der Waals surface area (Å²) in [5.41, 5.74) is -0.715. The standard InChI is InChI=1S/C28H29F4N3O/c1-2-19-12-13-25(33-18-19)27(17-20-8-4-3-5-9-20,35-26(36)34-24-10-6-7-11-24)21-14-22(28(30,31)32)16-23(29)15-21/h3-5,8-9,12-16,18,24H,2,6-7,10-11,17H2,1H3,(H2,34,35,36). The molecule has 1 saturated carbocycles. The minimum absolute atomic E-state index is 0.0203. The summed E-state index contributed by atoms with van der Waals surface area (Å²) in [5.74, 6) is -1.04. The average molecular weight is 500 g/mol. The van der Waals surface area contributed by atoms with Gasteiger partial charge in [0.1, 0.15) is 11.4 Å². The Kier molecular flexibility index (Phi) is 7.62. The van der Waals surface area contributed by atoms with E-state index in [-0.39, 0.29) is 18.0 Å². The van der Waals surface area contributed by atoms with Gasteiger partial charge in [-0.05, 0) is 60.2 Å². The number of benzene rings is 2. The van der Waals surface area contributed by atoms with Crippen LogP contribution in [0.4, 0.5) is 22.4 Å². The highest BCUT2D eigenvalue weighted by molar-refractivity contribution is 5.76. The maximum Gasteiger partial charge on any atom is 0.416 e. The number of urea groups is 1. The van der Waals surface area contributed by atoms with Gasteiger partial charge in [-0.2, -0.15) is 13.2 Å². The van der Waals surface area contributed by atoms with Crippen molar-refractivity contribution >= 4 is 6.03 Å². The first kappa shape index (κ1) is 25.7. The Hall–Kier alpha value is -3.42. The molecule has 0 aliphatic heterocycles. The van der Waals surface area contributed by atoms with E-state index in [1.807, 2.05) is 31.2 Å². The third-order valence-corrected chi connectivity index (χ3v) is 6.72. The average Bonchev–Trinajstić information content (AvgIpc) is 3.36. The predicted octanol–water partition coefficient (Wildman–Crippen LogP) is 6.53. The molecule has 3 aromatic rings. The smallest absolute Gasteiger partial charge is 0.335 e. The summed E-state index contributed by atoms with van der Waals surface area (Å²) in [5, 5.41) is 5.88. The van der Waals surface area contributed by atoms with E-state index in [0.29, 0.717) is 18.2 Å². The van der Waals surface area contributed by atoms with E-state index in [2.05, 4.69) is 15.6 Å². The van der Waals surface area contributed by atoms with Crippen LogP contribution in [0.1, 0.15) is 60.6 Å². The molecule has 0 bridgehead atoms. The van der Waals surface area contributed by atoms with Gasteiger partial charge >= 0.3 is 12.2 Å². The van der Waals surface area contributed by atoms with Gasteiger partial charge in [0.15, 0.2) is 0 Å². The molecule has 8 heteroatoms. The van der Waals surface area contributed by atoms with Gasteiger partial charge in [-0.3, -0.25) is 4.98 Å². The van der Waals surface area contributed by atoms with Crippen molar-refractivity contribution < 1.29 is 22.4 Å².